The summed E-state index contributed by atoms with van der Waals surface area (Å²) >= 11 is 0. The molecule has 7 unspecified atom stereocenters. The van der Waals surface area contributed by atoms with Crippen LogP contribution in [0.25, 0.3) is 0 Å². The van der Waals surface area contributed by atoms with E-state index >= 15 is 0 Å². The fourth-order valence-corrected chi connectivity index (χ4v) is 4.52. The second kappa shape index (κ2) is 6.48. The Morgan fingerprint density at radius 2 is 1.54 bits per heavy atom. The topological polar surface area (TPSA) is 77.7 Å². The Hall–Kier alpha value is -1.14. The molecular weight excluding hydrogens is 336 g/mol. The lowest BCUT2D eigenvalue weighted by Gasteiger charge is -2.23. The quantitative estimate of drug-likeness (QED) is 0.531. The van der Waals surface area contributed by atoms with Gasteiger partial charge in [-0.1, -0.05) is 0 Å². The van der Waals surface area contributed by atoms with Crippen LogP contribution in [0.5, 0.6) is 0 Å². The summed E-state index contributed by atoms with van der Waals surface area (Å²) in [4.78, 5) is 24.5. The van der Waals surface area contributed by atoms with Crippen molar-refractivity contribution in [1.82, 2.24) is 0 Å². The number of ether oxygens (including phenoxy) is 4. The first kappa shape index (κ1) is 18.2. The lowest BCUT2D eigenvalue weighted by atomic mass is 9.83. The summed E-state index contributed by atoms with van der Waals surface area (Å²) in [5.41, 5.74) is 0.0280. The normalized spacial score (nSPS) is 44.3. The van der Waals surface area contributed by atoms with Crippen LogP contribution in [-0.4, -0.2) is 48.1 Å². The largest absolute Gasteiger partial charge is 0.465 e. The van der Waals surface area contributed by atoms with Gasteiger partial charge in [0.05, 0.1) is 41.9 Å². The Morgan fingerprint density at radius 1 is 1.00 bits per heavy atom. The van der Waals surface area contributed by atoms with Crippen LogP contribution in [0.15, 0.2) is 0 Å². The van der Waals surface area contributed by atoms with E-state index < -0.39 is 0 Å². The van der Waals surface area contributed by atoms with Crippen molar-refractivity contribution in [2.24, 2.45) is 11.8 Å². The molecule has 0 radical (unpaired) electrons. The van der Waals surface area contributed by atoms with Gasteiger partial charge in [0, 0.05) is 6.42 Å². The molecular formula is C20H30O6. The summed E-state index contributed by atoms with van der Waals surface area (Å²) in [6.07, 6.45) is 5.78. The maximum Gasteiger partial charge on any atom is 0.309 e. The van der Waals surface area contributed by atoms with Crippen molar-refractivity contribution < 1.29 is 28.5 Å². The zero-order valence-electron chi connectivity index (χ0n) is 16.0. The predicted molar refractivity (Wildman–Crippen MR) is 92.4 cm³/mol. The van der Waals surface area contributed by atoms with Crippen molar-refractivity contribution in [2.75, 3.05) is 6.61 Å². The Morgan fingerprint density at radius 3 is 2.08 bits per heavy atom. The van der Waals surface area contributed by atoms with E-state index in [0.717, 1.165) is 38.5 Å². The Bertz CT molecular complexity index is 591. The summed E-state index contributed by atoms with van der Waals surface area (Å²) < 4.78 is 22.2. The summed E-state index contributed by atoms with van der Waals surface area (Å²) in [7, 11) is 0. The van der Waals surface area contributed by atoms with Gasteiger partial charge in [-0.3, -0.25) is 9.59 Å². The van der Waals surface area contributed by atoms with Crippen LogP contribution in [0.4, 0.5) is 0 Å². The molecule has 2 aliphatic heterocycles. The lowest BCUT2D eigenvalue weighted by molar-refractivity contribution is -0.156. The summed E-state index contributed by atoms with van der Waals surface area (Å²) in [5, 5.41) is 0. The van der Waals surface area contributed by atoms with Crippen LogP contribution in [0.3, 0.4) is 0 Å². The molecule has 0 bridgehead atoms. The maximum absolute atomic E-state index is 12.3. The average molecular weight is 366 g/mol. The van der Waals surface area contributed by atoms with E-state index in [2.05, 4.69) is 13.8 Å². The Kier molecular flexibility index (Phi) is 4.55. The second-order valence-corrected chi connectivity index (χ2v) is 8.98. The van der Waals surface area contributed by atoms with Gasteiger partial charge in [-0.15, -0.1) is 0 Å². The first-order chi connectivity index (χ1) is 12.3. The molecule has 0 spiro atoms. The van der Waals surface area contributed by atoms with Gasteiger partial charge in [0.25, 0.3) is 0 Å². The number of esters is 2. The van der Waals surface area contributed by atoms with Gasteiger partial charge in [0.15, 0.2) is 0 Å². The van der Waals surface area contributed by atoms with Gasteiger partial charge in [-0.05, 0) is 59.3 Å². The van der Waals surface area contributed by atoms with Crippen molar-refractivity contribution in [3.05, 3.63) is 0 Å². The molecule has 7 atom stereocenters. The van der Waals surface area contributed by atoms with E-state index in [-0.39, 0.29) is 53.3 Å². The van der Waals surface area contributed by atoms with Crippen molar-refractivity contribution >= 4 is 11.9 Å². The van der Waals surface area contributed by atoms with Gasteiger partial charge in [-0.25, -0.2) is 0 Å². The molecule has 0 aromatic rings. The molecule has 146 valence electrons. The number of epoxide rings is 2. The molecule has 4 rings (SSSR count). The van der Waals surface area contributed by atoms with E-state index in [1.165, 1.54) is 0 Å². The molecule has 6 heteroatoms. The molecule has 0 amide bonds. The third-order valence-corrected chi connectivity index (χ3v) is 6.80. The molecule has 2 heterocycles. The Labute approximate surface area is 154 Å². The highest BCUT2D eigenvalue weighted by atomic mass is 16.6. The summed E-state index contributed by atoms with van der Waals surface area (Å²) in [5.74, 6) is -0.392. The molecule has 26 heavy (non-hydrogen) atoms. The van der Waals surface area contributed by atoms with E-state index in [1.807, 2.05) is 6.92 Å². The summed E-state index contributed by atoms with van der Waals surface area (Å²) in [6, 6.07) is 0. The van der Waals surface area contributed by atoms with Crippen LogP contribution in [0.2, 0.25) is 0 Å². The summed E-state index contributed by atoms with van der Waals surface area (Å²) in [6.45, 7) is 6.37. The van der Waals surface area contributed by atoms with Crippen LogP contribution >= 0.6 is 0 Å². The highest BCUT2D eigenvalue weighted by Gasteiger charge is 2.57. The van der Waals surface area contributed by atoms with Gasteiger partial charge in [0.1, 0.15) is 6.10 Å². The third-order valence-electron chi connectivity index (χ3n) is 6.80. The van der Waals surface area contributed by atoms with Gasteiger partial charge < -0.3 is 18.9 Å². The van der Waals surface area contributed by atoms with E-state index in [9.17, 15) is 9.59 Å². The van der Waals surface area contributed by atoms with Crippen molar-refractivity contribution in [1.29, 1.82) is 0 Å². The molecule has 6 nitrogen and oxygen atoms in total. The fourth-order valence-electron chi connectivity index (χ4n) is 4.52. The van der Waals surface area contributed by atoms with Crippen LogP contribution in [-0.2, 0) is 28.5 Å². The fraction of sp³-hybridized carbons (Fsp3) is 0.900. The minimum absolute atomic E-state index is 0.0126. The van der Waals surface area contributed by atoms with Crippen LogP contribution < -0.4 is 0 Å². The number of hydrogen-bond acceptors (Lipinski definition) is 6. The molecule has 4 fully saturated rings. The van der Waals surface area contributed by atoms with E-state index in [0.29, 0.717) is 13.0 Å². The highest BCUT2D eigenvalue weighted by Crippen LogP contribution is 2.50. The van der Waals surface area contributed by atoms with Gasteiger partial charge >= 0.3 is 11.9 Å². The molecule has 0 N–H and O–H groups in total. The van der Waals surface area contributed by atoms with Gasteiger partial charge in [0.2, 0.25) is 0 Å². The molecule has 2 aliphatic carbocycles. The molecule has 2 saturated carbocycles. The van der Waals surface area contributed by atoms with Crippen LogP contribution in [0.1, 0.15) is 65.7 Å². The number of fused-ring (bicyclic) bond motifs is 2. The zero-order valence-corrected chi connectivity index (χ0v) is 16.0. The van der Waals surface area contributed by atoms with Crippen molar-refractivity contribution in [2.45, 2.75) is 95.2 Å². The monoisotopic (exact) mass is 366 g/mol. The first-order valence-electron chi connectivity index (χ1n) is 10.0. The van der Waals surface area contributed by atoms with Crippen LogP contribution in [0, 0.1) is 11.8 Å². The van der Waals surface area contributed by atoms with Gasteiger partial charge in [-0.2, -0.15) is 0 Å². The van der Waals surface area contributed by atoms with Crippen molar-refractivity contribution in [3.8, 4) is 0 Å². The number of hydrogen-bond donors (Lipinski definition) is 0. The SMILES string of the molecule is CC(CCOC(=O)C1CCC2(C)OC2C1)OC(=O)C1CCC2(C)OC2C1. The molecule has 4 aliphatic rings. The third kappa shape index (κ3) is 3.63. The number of carbonyl (C=O) groups excluding carboxylic acids is 2. The molecule has 0 aromatic carbocycles. The standard InChI is InChI=1S/C20H30O6/c1-12(24-18(22)14-5-8-20(3)16(11-14)26-20)6-9-23-17(21)13-4-7-19(2)15(10-13)25-19/h12-16H,4-11H2,1-3H3. The second-order valence-electron chi connectivity index (χ2n) is 8.98. The van der Waals surface area contributed by atoms with E-state index in [1.54, 1.807) is 0 Å². The molecule has 0 aromatic heterocycles. The maximum atomic E-state index is 12.3. The predicted octanol–water partition coefficient (Wildman–Crippen LogP) is 2.77. The smallest absolute Gasteiger partial charge is 0.309 e. The minimum atomic E-state index is -0.245. The average Bonchev–Trinajstić information content (AvgIpc) is 3.45. The molecule has 2 saturated heterocycles. The minimum Gasteiger partial charge on any atom is -0.465 e. The number of rotatable bonds is 6. The highest BCUT2D eigenvalue weighted by molar-refractivity contribution is 5.73. The Balaban J connectivity index is 1.12. The zero-order chi connectivity index (χ0) is 18.5. The van der Waals surface area contributed by atoms with E-state index in [4.69, 9.17) is 18.9 Å². The lowest BCUT2D eigenvalue weighted by Crippen LogP contribution is -2.31. The first-order valence-corrected chi connectivity index (χ1v) is 10.0. The number of carbonyl (C=O) groups is 2. The van der Waals surface area contributed by atoms with Crippen molar-refractivity contribution in [3.63, 3.8) is 0 Å².